The third-order valence-corrected chi connectivity index (χ3v) is 7.84. The van der Waals surface area contributed by atoms with E-state index < -0.39 is 44.2 Å². The van der Waals surface area contributed by atoms with Crippen molar-refractivity contribution >= 4 is 27.3 Å². The summed E-state index contributed by atoms with van der Waals surface area (Å²) in [7, 11) is -3.88. The van der Waals surface area contributed by atoms with Gasteiger partial charge in [-0.15, -0.1) is 0 Å². The lowest BCUT2D eigenvalue weighted by atomic mass is 9.95. The number of benzene rings is 1. The summed E-state index contributed by atoms with van der Waals surface area (Å²) in [5.74, 6) is -2.28. The van der Waals surface area contributed by atoms with Crippen molar-refractivity contribution in [3.63, 3.8) is 0 Å². The molecule has 0 unspecified atom stereocenters. The molecule has 0 heterocycles. The Hall–Kier alpha value is -1.69. The zero-order valence-electron chi connectivity index (χ0n) is 13.8. The minimum Gasteiger partial charge on any atom is -0.396 e. The van der Waals surface area contributed by atoms with Crippen LogP contribution in [-0.2, 0) is 14.6 Å². The predicted octanol–water partition coefficient (Wildman–Crippen LogP) is 1.81. The van der Waals surface area contributed by atoms with Crippen LogP contribution in [-0.4, -0.2) is 36.8 Å². The van der Waals surface area contributed by atoms with Gasteiger partial charge in [-0.25, -0.2) is 12.8 Å². The maximum absolute atomic E-state index is 13.2. The van der Waals surface area contributed by atoms with Gasteiger partial charge in [0.1, 0.15) is 11.4 Å². The lowest BCUT2D eigenvalue weighted by Gasteiger charge is -2.18. The Labute approximate surface area is 155 Å². The molecular formula is C17H18ClFN2O4S. The first-order valence-corrected chi connectivity index (χ1v) is 10.2. The maximum Gasteiger partial charge on any atom is 0.224 e. The molecule has 1 amide bonds. The van der Waals surface area contributed by atoms with Crippen molar-refractivity contribution in [2.45, 2.75) is 41.4 Å². The van der Waals surface area contributed by atoms with Crippen LogP contribution in [0.5, 0.6) is 0 Å². The van der Waals surface area contributed by atoms with E-state index in [0.29, 0.717) is 12.8 Å². The molecule has 26 heavy (non-hydrogen) atoms. The second kappa shape index (κ2) is 6.80. The Kier molecular flexibility index (Phi) is 4.99. The van der Waals surface area contributed by atoms with E-state index in [1.54, 1.807) is 0 Å². The van der Waals surface area contributed by atoms with Crippen molar-refractivity contribution in [3.05, 3.63) is 29.0 Å². The number of sulfone groups is 1. The maximum atomic E-state index is 13.2. The summed E-state index contributed by atoms with van der Waals surface area (Å²) >= 11 is 5.89. The van der Waals surface area contributed by atoms with Crippen molar-refractivity contribution in [1.29, 1.82) is 5.26 Å². The predicted molar refractivity (Wildman–Crippen MR) is 91.4 cm³/mol. The highest BCUT2D eigenvalue weighted by molar-refractivity contribution is 7.92. The van der Waals surface area contributed by atoms with E-state index in [1.807, 2.05) is 0 Å². The molecule has 0 bridgehead atoms. The van der Waals surface area contributed by atoms with Crippen LogP contribution in [0.2, 0.25) is 5.02 Å². The van der Waals surface area contributed by atoms with Gasteiger partial charge < -0.3 is 10.4 Å². The molecule has 0 aliphatic heterocycles. The van der Waals surface area contributed by atoms with Crippen molar-refractivity contribution in [1.82, 2.24) is 5.32 Å². The molecule has 9 heteroatoms. The number of carbonyl (C=O) groups excluding carboxylic acids is 1. The summed E-state index contributed by atoms with van der Waals surface area (Å²) in [5, 5.41) is 20.2. The molecule has 3 atom stereocenters. The van der Waals surface area contributed by atoms with Crippen LogP contribution in [0.25, 0.3) is 0 Å². The summed E-state index contributed by atoms with van der Waals surface area (Å²) in [6.07, 6.45) is 1.26. The molecule has 0 spiro atoms. The van der Waals surface area contributed by atoms with Gasteiger partial charge in [0.15, 0.2) is 9.84 Å². The average Bonchev–Trinajstić information content (AvgIpc) is 3.20. The fourth-order valence-electron chi connectivity index (χ4n) is 3.45. The first kappa shape index (κ1) is 19.1. The van der Waals surface area contributed by atoms with Crippen molar-refractivity contribution in [3.8, 4) is 6.07 Å². The first-order chi connectivity index (χ1) is 12.2. The van der Waals surface area contributed by atoms with Crippen LogP contribution in [0.4, 0.5) is 4.39 Å². The smallest absolute Gasteiger partial charge is 0.224 e. The summed E-state index contributed by atoms with van der Waals surface area (Å²) in [6, 6.07) is 5.12. The Morgan fingerprint density at radius 3 is 2.65 bits per heavy atom. The van der Waals surface area contributed by atoms with Crippen LogP contribution < -0.4 is 5.32 Å². The monoisotopic (exact) mass is 400 g/mol. The van der Waals surface area contributed by atoms with Gasteiger partial charge in [-0.2, -0.15) is 5.26 Å². The Morgan fingerprint density at radius 2 is 2.12 bits per heavy atom. The normalized spacial score (nSPS) is 26.9. The highest BCUT2D eigenvalue weighted by Gasteiger charge is 2.49. The summed E-state index contributed by atoms with van der Waals surface area (Å²) < 4.78 is 39.0. The number of aliphatic hydroxyl groups excluding tert-OH is 1. The van der Waals surface area contributed by atoms with Gasteiger partial charge in [-0.1, -0.05) is 11.6 Å². The van der Waals surface area contributed by atoms with E-state index >= 15 is 0 Å². The van der Waals surface area contributed by atoms with E-state index in [-0.39, 0.29) is 29.4 Å². The zero-order chi connectivity index (χ0) is 19.1. The fraction of sp³-hybridized carbons (Fsp3) is 0.529. The average molecular weight is 401 g/mol. The molecule has 3 rings (SSSR count). The lowest BCUT2D eigenvalue weighted by molar-refractivity contribution is -0.127. The van der Waals surface area contributed by atoms with Crippen molar-refractivity contribution in [2.75, 3.05) is 6.61 Å². The highest BCUT2D eigenvalue weighted by atomic mass is 35.5. The van der Waals surface area contributed by atoms with E-state index in [2.05, 4.69) is 11.4 Å². The van der Waals surface area contributed by atoms with Crippen molar-refractivity contribution < 1.29 is 22.7 Å². The fourth-order valence-corrected chi connectivity index (χ4v) is 5.85. The van der Waals surface area contributed by atoms with Gasteiger partial charge in [-0.05, 0) is 49.8 Å². The Balaban J connectivity index is 1.81. The van der Waals surface area contributed by atoms with Gasteiger partial charge in [0, 0.05) is 12.5 Å². The third kappa shape index (κ3) is 3.43. The van der Waals surface area contributed by atoms with Gasteiger partial charge >= 0.3 is 0 Å². The SMILES string of the molecule is N#CC1(NC(=O)[C@@H]2C[C@@H](S(=O)(=O)c3ccc(F)cc3Cl)C[C@H]2CO)CC1. The molecule has 6 nitrogen and oxygen atoms in total. The van der Waals surface area contributed by atoms with Crippen LogP contribution in [0.15, 0.2) is 23.1 Å². The lowest BCUT2D eigenvalue weighted by Crippen LogP contribution is -2.41. The molecule has 140 valence electrons. The second-order valence-electron chi connectivity index (χ2n) is 6.95. The molecule has 2 aliphatic carbocycles. The number of nitrogens with one attached hydrogen (secondary N) is 1. The highest BCUT2D eigenvalue weighted by Crippen LogP contribution is 2.41. The minimum atomic E-state index is -3.88. The quantitative estimate of drug-likeness (QED) is 0.733. The van der Waals surface area contributed by atoms with Crippen LogP contribution >= 0.6 is 11.6 Å². The van der Waals surface area contributed by atoms with E-state index in [9.17, 15) is 22.7 Å². The zero-order valence-corrected chi connectivity index (χ0v) is 15.4. The molecule has 2 saturated carbocycles. The minimum absolute atomic E-state index is 0.0224. The molecule has 2 fully saturated rings. The van der Waals surface area contributed by atoms with Gasteiger partial charge in [0.25, 0.3) is 0 Å². The molecule has 0 aromatic heterocycles. The number of hydrogen-bond donors (Lipinski definition) is 2. The number of hydrogen-bond acceptors (Lipinski definition) is 5. The number of nitriles is 1. The summed E-state index contributed by atoms with van der Waals surface area (Å²) in [6.45, 7) is -0.333. The standard InChI is InChI=1S/C17H18ClFN2O4S/c18-14-6-11(19)1-2-15(14)26(24,25)12-5-10(8-22)13(7-12)16(23)21-17(9-20)3-4-17/h1-2,6,10,12-13,22H,3-5,7-8H2,(H,21,23)/t10-,12-,13+/m0/s1. The molecule has 1 aromatic rings. The van der Waals surface area contributed by atoms with Crippen LogP contribution in [0, 0.1) is 29.0 Å². The van der Waals surface area contributed by atoms with E-state index in [4.69, 9.17) is 16.9 Å². The number of nitrogens with zero attached hydrogens (tertiary/aromatic N) is 1. The topological polar surface area (TPSA) is 107 Å². The molecule has 0 saturated heterocycles. The van der Waals surface area contributed by atoms with Crippen LogP contribution in [0.1, 0.15) is 25.7 Å². The largest absolute Gasteiger partial charge is 0.396 e. The Morgan fingerprint density at radius 1 is 1.42 bits per heavy atom. The Bertz CT molecular complexity index is 879. The van der Waals surface area contributed by atoms with Crippen molar-refractivity contribution in [2.24, 2.45) is 11.8 Å². The molecule has 0 radical (unpaired) electrons. The molecular weight excluding hydrogens is 383 g/mol. The van der Waals surface area contributed by atoms with Gasteiger partial charge in [0.05, 0.1) is 21.2 Å². The molecule has 2 aliphatic rings. The van der Waals surface area contributed by atoms with Gasteiger partial charge in [-0.3, -0.25) is 4.79 Å². The molecule has 1 aromatic carbocycles. The summed E-state index contributed by atoms with van der Waals surface area (Å²) in [5.41, 5.74) is -0.853. The van der Waals surface area contributed by atoms with E-state index in [1.165, 1.54) is 0 Å². The summed E-state index contributed by atoms with van der Waals surface area (Å²) in [4.78, 5) is 12.3. The number of rotatable bonds is 5. The number of carbonyl (C=O) groups is 1. The molecule has 2 N–H and O–H groups in total. The number of amides is 1. The third-order valence-electron chi connectivity index (χ3n) is 5.19. The number of aliphatic hydroxyl groups is 1. The second-order valence-corrected chi connectivity index (χ2v) is 9.55. The van der Waals surface area contributed by atoms with Crippen LogP contribution in [0.3, 0.4) is 0 Å². The first-order valence-electron chi connectivity index (χ1n) is 8.25. The van der Waals surface area contributed by atoms with Gasteiger partial charge in [0.2, 0.25) is 5.91 Å². The number of halogens is 2. The van der Waals surface area contributed by atoms with E-state index in [0.717, 1.165) is 18.2 Å².